The highest BCUT2D eigenvalue weighted by molar-refractivity contribution is 9.10. The van der Waals surface area contributed by atoms with Crippen LogP contribution in [-0.2, 0) is 0 Å². The highest BCUT2D eigenvalue weighted by Gasteiger charge is 2.14. The lowest BCUT2D eigenvalue weighted by Gasteiger charge is -2.10. The number of hydrogen-bond acceptors (Lipinski definition) is 2. The molecule has 0 bridgehead atoms. The minimum Gasteiger partial charge on any atom is -0.369 e. The molecule has 3 aromatic rings. The van der Waals surface area contributed by atoms with E-state index in [0.29, 0.717) is 11.0 Å². The van der Waals surface area contributed by atoms with Crippen LogP contribution in [-0.4, -0.2) is 9.55 Å². The SMILES string of the molecule is Cc1ccc(Br)c(-n2c(N)nc3cccc(Cl)c32)c1. The zero-order valence-corrected chi connectivity index (χ0v) is 12.5. The summed E-state index contributed by atoms with van der Waals surface area (Å²) in [6, 6.07) is 11.7. The van der Waals surface area contributed by atoms with E-state index in [-0.39, 0.29) is 0 Å². The number of fused-ring (bicyclic) bond motifs is 1. The van der Waals surface area contributed by atoms with Gasteiger partial charge in [-0.05, 0) is 52.7 Å². The highest BCUT2D eigenvalue weighted by atomic mass is 79.9. The Labute approximate surface area is 124 Å². The Bertz CT molecular complexity index is 780. The van der Waals surface area contributed by atoms with Gasteiger partial charge >= 0.3 is 0 Å². The third-order valence-electron chi connectivity index (χ3n) is 3.00. The number of imidazole rings is 1. The first-order valence-corrected chi connectivity index (χ1v) is 6.94. The number of nitrogens with zero attached hydrogens (tertiary/aromatic N) is 2. The topological polar surface area (TPSA) is 43.8 Å². The maximum Gasteiger partial charge on any atom is 0.206 e. The quantitative estimate of drug-likeness (QED) is 0.718. The van der Waals surface area contributed by atoms with Crippen LogP contribution in [0.1, 0.15) is 5.56 Å². The number of halogens is 2. The summed E-state index contributed by atoms with van der Waals surface area (Å²) >= 11 is 9.83. The Morgan fingerprint density at radius 2 is 2.05 bits per heavy atom. The minimum absolute atomic E-state index is 0.425. The van der Waals surface area contributed by atoms with Crippen molar-refractivity contribution in [3.63, 3.8) is 0 Å². The minimum atomic E-state index is 0.425. The first-order valence-electron chi connectivity index (χ1n) is 5.77. The third kappa shape index (κ3) is 2.01. The lowest BCUT2D eigenvalue weighted by atomic mass is 10.2. The van der Waals surface area contributed by atoms with Crippen LogP contribution in [0.2, 0.25) is 5.02 Å². The van der Waals surface area contributed by atoms with Gasteiger partial charge in [-0.3, -0.25) is 4.57 Å². The summed E-state index contributed by atoms with van der Waals surface area (Å²) in [5.74, 6) is 0.425. The van der Waals surface area contributed by atoms with Crippen LogP contribution < -0.4 is 5.73 Å². The molecule has 0 spiro atoms. The number of rotatable bonds is 1. The van der Waals surface area contributed by atoms with E-state index >= 15 is 0 Å². The Hall–Kier alpha value is -1.52. The smallest absolute Gasteiger partial charge is 0.206 e. The van der Waals surface area contributed by atoms with Crippen molar-refractivity contribution in [2.75, 3.05) is 5.73 Å². The number of aryl methyl sites for hydroxylation is 1. The maximum absolute atomic E-state index is 6.29. The van der Waals surface area contributed by atoms with Gasteiger partial charge in [-0.2, -0.15) is 0 Å². The Balaban J connectivity index is 2.42. The van der Waals surface area contributed by atoms with Gasteiger partial charge in [0.2, 0.25) is 5.95 Å². The molecular weight excluding hydrogens is 326 g/mol. The molecule has 2 aromatic carbocycles. The van der Waals surface area contributed by atoms with E-state index in [1.807, 2.05) is 47.9 Å². The number of nitrogens with two attached hydrogens (primary N) is 1. The zero-order chi connectivity index (χ0) is 13.6. The van der Waals surface area contributed by atoms with Gasteiger partial charge in [0.05, 0.1) is 21.7 Å². The summed E-state index contributed by atoms with van der Waals surface area (Å²) in [6.07, 6.45) is 0. The lowest BCUT2D eigenvalue weighted by molar-refractivity contribution is 1.10. The number of hydrogen-bond donors (Lipinski definition) is 1. The predicted molar refractivity (Wildman–Crippen MR) is 82.9 cm³/mol. The van der Waals surface area contributed by atoms with E-state index < -0.39 is 0 Å². The molecule has 0 radical (unpaired) electrons. The average molecular weight is 337 g/mol. The second-order valence-electron chi connectivity index (χ2n) is 4.37. The van der Waals surface area contributed by atoms with Gasteiger partial charge in [0.1, 0.15) is 0 Å². The Kier molecular flexibility index (Phi) is 2.99. The summed E-state index contributed by atoms with van der Waals surface area (Å²) in [5.41, 5.74) is 9.75. The van der Waals surface area contributed by atoms with Crippen molar-refractivity contribution in [3.8, 4) is 5.69 Å². The molecule has 0 saturated carbocycles. The van der Waals surface area contributed by atoms with Crippen molar-refractivity contribution in [2.45, 2.75) is 6.92 Å². The number of nitrogen functional groups attached to an aromatic ring is 1. The Morgan fingerprint density at radius 1 is 1.26 bits per heavy atom. The van der Waals surface area contributed by atoms with Gasteiger partial charge in [0.25, 0.3) is 0 Å². The van der Waals surface area contributed by atoms with E-state index in [0.717, 1.165) is 26.8 Å². The van der Waals surface area contributed by atoms with Gasteiger partial charge in [0.15, 0.2) is 0 Å². The fourth-order valence-electron chi connectivity index (χ4n) is 2.14. The van der Waals surface area contributed by atoms with E-state index in [1.165, 1.54) is 0 Å². The molecule has 96 valence electrons. The number of para-hydroxylation sites is 1. The number of anilines is 1. The molecule has 1 aromatic heterocycles. The van der Waals surface area contributed by atoms with Crippen molar-refractivity contribution in [1.29, 1.82) is 0 Å². The first-order chi connectivity index (χ1) is 9.08. The standard InChI is InChI=1S/C14H11BrClN3/c1-8-5-6-9(15)12(7-8)19-13-10(16)3-2-4-11(13)18-14(19)17/h2-7H,1H3,(H2,17,18). The molecule has 1 heterocycles. The number of benzene rings is 2. The van der Waals surface area contributed by atoms with E-state index in [9.17, 15) is 0 Å². The van der Waals surface area contributed by atoms with Crippen molar-refractivity contribution >= 4 is 44.5 Å². The molecule has 0 aliphatic heterocycles. The molecule has 3 rings (SSSR count). The van der Waals surface area contributed by atoms with Crippen molar-refractivity contribution in [1.82, 2.24) is 9.55 Å². The summed E-state index contributed by atoms with van der Waals surface area (Å²) in [4.78, 5) is 4.36. The van der Waals surface area contributed by atoms with Gasteiger partial charge in [0, 0.05) is 4.47 Å². The molecule has 0 aliphatic rings. The van der Waals surface area contributed by atoms with E-state index in [1.54, 1.807) is 0 Å². The van der Waals surface area contributed by atoms with Gasteiger partial charge in [-0.25, -0.2) is 4.98 Å². The molecule has 0 saturated heterocycles. The van der Waals surface area contributed by atoms with Crippen LogP contribution in [0.3, 0.4) is 0 Å². The number of aromatic nitrogens is 2. The predicted octanol–water partition coefficient (Wildman–Crippen LogP) is 4.33. The van der Waals surface area contributed by atoms with Crippen LogP contribution in [0.5, 0.6) is 0 Å². The van der Waals surface area contributed by atoms with Crippen LogP contribution in [0, 0.1) is 6.92 Å². The molecule has 2 N–H and O–H groups in total. The van der Waals surface area contributed by atoms with Crippen LogP contribution >= 0.6 is 27.5 Å². The fraction of sp³-hybridized carbons (Fsp3) is 0.0714. The molecule has 3 nitrogen and oxygen atoms in total. The Morgan fingerprint density at radius 3 is 2.84 bits per heavy atom. The second kappa shape index (κ2) is 4.54. The molecule has 0 fully saturated rings. The van der Waals surface area contributed by atoms with Gasteiger partial charge < -0.3 is 5.73 Å². The molecular formula is C14H11BrClN3. The van der Waals surface area contributed by atoms with Crippen LogP contribution in [0.25, 0.3) is 16.7 Å². The molecule has 19 heavy (non-hydrogen) atoms. The summed E-state index contributed by atoms with van der Waals surface area (Å²) in [6.45, 7) is 2.03. The summed E-state index contributed by atoms with van der Waals surface area (Å²) < 4.78 is 2.82. The van der Waals surface area contributed by atoms with E-state index in [4.69, 9.17) is 17.3 Å². The summed E-state index contributed by atoms with van der Waals surface area (Å²) in [5, 5.41) is 0.634. The van der Waals surface area contributed by atoms with Gasteiger partial charge in [-0.15, -0.1) is 0 Å². The molecule has 0 unspecified atom stereocenters. The molecule has 5 heteroatoms. The zero-order valence-electron chi connectivity index (χ0n) is 10.2. The van der Waals surface area contributed by atoms with Crippen molar-refractivity contribution < 1.29 is 0 Å². The first kappa shape index (κ1) is 12.5. The molecule has 0 amide bonds. The maximum atomic E-state index is 6.29. The van der Waals surface area contributed by atoms with Crippen LogP contribution in [0.15, 0.2) is 40.9 Å². The second-order valence-corrected chi connectivity index (χ2v) is 5.63. The normalized spacial score (nSPS) is 11.1. The van der Waals surface area contributed by atoms with Crippen LogP contribution in [0.4, 0.5) is 5.95 Å². The highest BCUT2D eigenvalue weighted by Crippen LogP contribution is 2.32. The third-order valence-corrected chi connectivity index (χ3v) is 3.97. The average Bonchev–Trinajstić information content (AvgIpc) is 2.70. The van der Waals surface area contributed by atoms with Crippen molar-refractivity contribution in [3.05, 3.63) is 51.5 Å². The lowest BCUT2D eigenvalue weighted by Crippen LogP contribution is -2.02. The molecule has 0 atom stereocenters. The monoisotopic (exact) mass is 335 g/mol. The molecule has 0 aliphatic carbocycles. The summed E-state index contributed by atoms with van der Waals surface area (Å²) in [7, 11) is 0. The largest absolute Gasteiger partial charge is 0.369 e. The van der Waals surface area contributed by atoms with Crippen molar-refractivity contribution in [2.24, 2.45) is 0 Å². The van der Waals surface area contributed by atoms with Gasteiger partial charge in [-0.1, -0.05) is 23.7 Å². The van der Waals surface area contributed by atoms with E-state index in [2.05, 4.69) is 20.9 Å². The fourth-order valence-corrected chi connectivity index (χ4v) is 2.82.